The Balaban J connectivity index is 6.05. The molecule has 0 aromatic carbocycles. The van der Waals surface area contributed by atoms with Gasteiger partial charge in [-0.15, -0.1) is 0 Å². The molecule has 53 heavy (non-hydrogen) atoms. The Morgan fingerprint density at radius 2 is 0.491 bits per heavy atom. The van der Waals surface area contributed by atoms with Crippen molar-refractivity contribution in [3.63, 3.8) is 0 Å². The van der Waals surface area contributed by atoms with Crippen molar-refractivity contribution in [3.8, 4) is 0 Å². The predicted molar refractivity (Wildman–Crippen MR) is 102 cm³/mol. The van der Waals surface area contributed by atoms with Crippen molar-refractivity contribution < 1.29 is 150 Å². The molecule has 0 atom stereocenters. The van der Waals surface area contributed by atoms with E-state index >= 15 is 0 Å². The number of alkyl halides is 30. The first-order chi connectivity index (χ1) is 22.4. The minimum Gasteiger partial charge on any atom is -0.302 e. The highest BCUT2D eigenvalue weighted by Gasteiger charge is 2.94. The van der Waals surface area contributed by atoms with Gasteiger partial charge in [-0.05, 0) is 0 Å². The molecule has 0 fully saturated rings. The van der Waals surface area contributed by atoms with Crippen LogP contribution in [-0.4, -0.2) is 102 Å². The van der Waals surface area contributed by atoms with E-state index in [2.05, 4.69) is 9.05 Å². The maximum Gasteiger partial charge on any atom is 0.472 e. The van der Waals surface area contributed by atoms with Crippen LogP contribution in [0.3, 0.4) is 0 Å². The molecule has 0 spiro atoms. The van der Waals surface area contributed by atoms with Gasteiger partial charge in [-0.2, -0.15) is 132 Å². The minimum absolute atomic E-state index is 2.97. The Morgan fingerprint density at radius 1 is 0.321 bits per heavy atom. The lowest BCUT2D eigenvalue weighted by molar-refractivity contribution is -0.452. The molecule has 0 aromatic rings. The van der Waals surface area contributed by atoms with Gasteiger partial charge < -0.3 is 4.89 Å². The predicted octanol–water partition coefficient (Wildman–Crippen LogP) is 10.6. The van der Waals surface area contributed by atoms with Crippen LogP contribution in [0.4, 0.5) is 132 Å². The summed E-state index contributed by atoms with van der Waals surface area (Å²) < 4.78 is 411. The average molecular weight is 890 g/mol. The van der Waals surface area contributed by atoms with Crippen molar-refractivity contribution in [3.05, 3.63) is 0 Å². The third kappa shape index (κ3) is 7.74. The maximum atomic E-state index is 13.7. The van der Waals surface area contributed by atoms with Gasteiger partial charge >= 0.3 is 91.2 Å². The third-order valence-electron chi connectivity index (χ3n) is 6.13. The summed E-state index contributed by atoms with van der Waals surface area (Å²) in [5, 5.41) is 0. The van der Waals surface area contributed by atoms with E-state index in [4.69, 9.17) is 4.89 Å². The van der Waals surface area contributed by atoms with Crippen LogP contribution in [0.1, 0.15) is 12.8 Å². The number of hydrogen-bond acceptors (Lipinski definition) is 3. The molecule has 0 aliphatic carbocycles. The van der Waals surface area contributed by atoms with Gasteiger partial charge in [0.25, 0.3) is 0 Å². The molecule has 0 aromatic heterocycles. The van der Waals surface area contributed by atoms with E-state index < -0.39 is 117 Å². The van der Waals surface area contributed by atoms with E-state index in [1.54, 1.807) is 0 Å². The minimum atomic E-state index is -8.79. The Bertz CT molecular complexity index is 1230. The van der Waals surface area contributed by atoms with E-state index in [0.717, 1.165) is 0 Å². The molecular formula is C18H9F30O4P. The fourth-order valence-electron chi connectivity index (χ4n) is 2.93. The van der Waals surface area contributed by atoms with Crippen LogP contribution in [0.2, 0.25) is 0 Å². The number of halogens is 30. The second-order valence-corrected chi connectivity index (χ2v) is 11.2. The summed E-state index contributed by atoms with van der Waals surface area (Å²) in [5.74, 6) is -99.8. The Hall–Kier alpha value is -1.99. The molecule has 0 heterocycles. The van der Waals surface area contributed by atoms with E-state index in [0.29, 0.717) is 0 Å². The molecule has 4 nitrogen and oxygen atoms in total. The number of phosphoric acid groups is 1. The molecule has 0 aliphatic rings. The van der Waals surface area contributed by atoms with Gasteiger partial charge in [-0.25, -0.2) is 4.57 Å². The van der Waals surface area contributed by atoms with Gasteiger partial charge in [0, 0.05) is 12.8 Å². The van der Waals surface area contributed by atoms with Crippen LogP contribution in [0, 0.1) is 0 Å². The number of hydrogen-bond donors (Lipinski definition) is 1. The molecular weight excluding hydrogens is 881 g/mol. The average Bonchev–Trinajstić information content (AvgIpc) is 2.90. The summed E-state index contributed by atoms with van der Waals surface area (Å²) in [6, 6.07) is 0. The van der Waals surface area contributed by atoms with Crippen molar-refractivity contribution in [2.75, 3.05) is 13.2 Å². The van der Waals surface area contributed by atoms with Crippen LogP contribution in [0.25, 0.3) is 0 Å². The van der Waals surface area contributed by atoms with E-state index in [1.165, 1.54) is 0 Å². The molecule has 320 valence electrons. The second-order valence-electron chi connectivity index (χ2n) is 9.78. The van der Waals surface area contributed by atoms with Gasteiger partial charge in [0.2, 0.25) is 0 Å². The highest BCUT2D eigenvalue weighted by molar-refractivity contribution is 7.47. The quantitative estimate of drug-likeness (QED) is 0.110. The topological polar surface area (TPSA) is 55.8 Å². The SMILES string of the molecule is O=P(O)(OCCC(F)(F)C(F)(F)C(F)(F)C(F)(F)C(F)(F)C(F)(F)C(F)(F)F)OCCC(F)(F)C(F)(F)C(F)(F)C(F)(F)C(F)(F)C(F)(F)C(F)(F)F. The van der Waals surface area contributed by atoms with Gasteiger partial charge in [0.15, 0.2) is 0 Å². The zero-order valence-corrected chi connectivity index (χ0v) is 24.2. The lowest BCUT2D eigenvalue weighted by Crippen LogP contribution is -2.72. The summed E-state index contributed by atoms with van der Waals surface area (Å²) in [4.78, 5) is 8.97. The van der Waals surface area contributed by atoms with Crippen molar-refractivity contribution >= 4 is 7.82 Å². The first-order valence-electron chi connectivity index (χ1n) is 11.7. The van der Waals surface area contributed by atoms with E-state index in [-0.39, 0.29) is 0 Å². The lowest BCUT2D eigenvalue weighted by Gasteiger charge is -2.41. The maximum absolute atomic E-state index is 13.7. The smallest absolute Gasteiger partial charge is 0.302 e. The molecule has 0 radical (unpaired) electrons. The van der Waals surface area contributed by atoms with Gasteiger partial charge in [-0.3, -0.25) is 9.05 Å². The molecule has 0 saturated heterocycles. The molecule has 0 aliphatic heterocycles. The highest BCUT2D eigenvalue weighted by Crippen LogP contribution is 2.64. The van der Waals surface area contributed by atoms with Crippen molar-refractivity contribution in [2.24, 2.45) is 0 Å². The van der Waals surface area contributed by atoms with Crippen molar-refractivity contribution in [1.29, 1.82) is 0 Å². The third-order valence-corrected chi connectivity index (χ3v) is 7.14. The van der Waals surface area contributed by atoms with Crippen LogP contribution < -0.4 is 0 Å². The number of rotatable bonds is 18. The summed E-state index contributed by atoms with van der Waals surface area (Å²) in [7, 11) is -6.77. The lowest BCUT2D eigenvalue weighted by atomic mass is 9.90. The van der Waals surface area contributed by atoms with Crippen LogP contribution >= 0.6 is 7.82 Å². The van der Waals surface area contributed by atoms with Crippen LogP contribution in [0.15, 0.2) is 0 Å². The number of phosphoric ester groups is 1. The van der Waals surface area contributed by atoms with Crippen molar-refractivity contribution in [2.45, 2.75) is 96.3 Å². The van der Waals surface area contributed by atoms with Gasteiger partial charge in [0.05, 0.1) is 13.2 Å². The monoisotopic (exact) mass is 890 g/mol. The van der Waals surface area contributed by atoms with E-state index in [9.17, 15) is 136 Å². The first kappa shape index (κ1) is 51.0. The van der Waals surface area contributed by atoms with Gasteiger partial charge in [0.1, 0.15) is 0 Å². The standard InChI is InChI=1S/C18H9F30O4P/c19-5(20,7(23,24)9(27,28)11(31,32)13(35,36)15(39,40)17(43,44)45)1-3-51-53(49,50)52-4-2-6(21,22)8(25,26)10(29,30)12(33,34)14(37,38)16(41,42)18(46,47)48/h1-4H2,(H,49,50). The Kier molecular flexibility index (Phi) is 13.1. The van der Waals surface area contributed by atoms with Crippen molar-refractivity contribution in [1.82, 2.24) is 0 Å². The fraction of sp³-hybridized carbons (Fsp3) is 1.00. The summed E-state index contributed by atoms with van der Waals surface area (Å²) in [5.41, 5.74) is 0. The van der Waals surface area contributed by atoms with Gasteiger partial charge in [-0.1, -0.05) is 0 Å². The zero-order valence-electron chi connectivity index (χ0n) is 23.3. The fourth-order valence-corrected chi connectivity index (χ4v) is 3.65. The molecule has 35 heteroatoms. The molecule has 0 saturated carbocycles. The summed E-state index contributed by atoms with van der Waals surface area (Å²) >= 11 is 0. The molecule has 0 bridgehead atoms. The van der Waals surface area contributed by atoms with Crippen LogP contribution in [0.5, 0.6) is 0 Å². The molecule has 0 rings (SSSR count). The largest absolute Gasteiger partial charge is 0.472 e. The first-order valence-corrected chi connectivity index (χ1v) is 13.2. The Labute approximate surface area is 268 Å². The van der Waals surface area contributed by atoms with Crippen LogP contribution in [-0.2, 0) is 13.6 Å². The molecule has 0 unspecified atom stereocenters. The Morgan fingerprint density at radius 3 is 0.679 bits per heavy atom. The molecule has 0 amide bonds. The molecule has 1 N–H and O–H groups in total. The highest BCUT2D eigenvalue weighted by atomic mass is 31.2. The summed E-state index contributed by atoms with van der Waals surface area (Å²) in [6.07, 6.45) is -23.1. The zero-order chi connectivity index (χ0) is 43.7. The normalized spacial score (nSPS) is 16.7. The second kappa shape index (κ2) is 13.6. The van der Waals surface area contributed by atoms with E-state index in [1.807, 2.05) is 0 Å². The summed E-state index contributed by atoms with van der Waals surface area (Å²) in [6.45, 7) is -5.93.